The van der Waals surface area contributed by atoms with Crippen molar-refractivity contribution < 1.29 is 9.00 Å². The van der Waals surface area contributed by atoms with Crippen LogP contribution in [0.2, 0.25) is 0 Å². The van der Waals surface area contributed by atoms with Gasteiger partial charge in [0.2, 0.25) is 0 Å². The van der Waals surface area contributed by atoms with Gasteiger partial charge < -0.3 is 5.32 Å². The van der Waals surface area contributed by atoms with Crippen molar-refractivity contribution >= 4 is 22.4 Å². The summed E-state index contributed by atoms with van der Waals surface area (Å²) in [4.78, 5) is 16.8. The van der Waals surface area contributed by atoms with E-state index >= 15 is 0 Å². The van der Waals surface area contributed by atoms with Gasteiger partial charge in [-0.3, -0.25) is 9.00 Å². The molecule has 1 N–H and O–H groups in total. The number of nitrogens with zero attached hydrogens (tertiary/aromatic N) is 2. The molecule has 1 unspecified atom stereocenters. The maximum Gasteiger partial charge on any atom is 0.258 e. The molecule has 1 atom stereocenters. The van der Waals surface area contributed by atoms with Gasteiger partial charge in [0, 0.05) is 11.9 Å². The lowest BCUT2D eigenvalue weighted by atomic mass is 10.2. The summed E-state index contributed by atoms with van der Waals surface area (Å²) in [6, 6.07) is 21.2. The number of carbonyl (C=O) groups excluding carboxylic acids is 1. The normalized spacial score (nSPS) is 11.3. The first-order valence-electron chi connectivity index (χ1n) is 7.86. The van der Waals surface area contributed by atoms with E-state index in [1.165, 1.54) is 6.20 Å². The number of anilines is 1. The molecule has 0 saturated heterocycles. The second-order valence-electron chi connectivity index (χ2n) is 5.47. The number of aromatic nitrogens is 1. The standard InChI is InChI=1S/C20H15N3O2S/c21-13-15-8-10-17(11-9-15)23-19(24)18-7-4-12-22-20(18)26(25)14-16-5-2-1-3-6-16/h1-12H,14H2,(H,23,24). The molecule has 0 aliphatic rings. The molecule has 1 aromatic heterocycles. The van der Waals surface area contributed by atoms with Crippen molar-refractivity contribution in [3.63, 3.8) is 0 Å². The molecule has 0 saturated carbocycles. The Hall–Kier alpha value is -3.30. The number of hydrogen-bond donors (Lipinski definition) is 1. The molecule has 0 bridgehead atoms. The molecule has 0 radical (unpaired) electrons. The monoisotopic (exact) mass is 361 g/mol. The molecule has 1 amide bonds. The van der Waals surface area contributed by atoms with E-state index in [1.807, 2.05) is 36.4 Å². The molecule has 0 aliphatic carbocycles. The molecular weight excluding hydrogens is 346 g/mol. The third-order valence-electron chi connectivity index (χ3n) is 3.64. The molecule has 3 aromatic rings. The number of nitrogens with one attached hydrogen (secondary N) is 1. The van der Waals surface area contributed by atoms with Crippen LogP contribution in [0.1, 0.15) is 21.5 Å². The van der Waals surface area contributed by atoms with Crippen molar-refractivity contribution in [3.05, 3.63) is 89.6 Å². The zero-order valence-corrected chi connectivity index (χ0v) is 14.6. The number of amides is 1. The van der Waals surface area contributed by atoms with Crippen molar-refractivity contribution in [2.24, 2.45) is 0 Å². The van der Waals surface area contributed by atoms with E-state index in [9.17, 15) is 9.00 Å². The Balaban J connectivity index is 1.80. The molecule has 6 heteroatoms. The van der Waals surface area contributed by atoms with E-state index in [4.69, 9.17) is 5.26 Å². The molecular formula is C20H15N3O2S. The summed E-state index contributed by atoms with van der Waals surface area (Å²) >= 11 is 0. The van der Waals surface area contributed by atoms with Gasteiger partial charge in [-0.2, -0.15) is 5.26 Å². The fourth-order valence-corrected chi connectivity index (χ4v) is 3.58. The van der Waals surface area contributed by atoms with E-state index < -0.39 is 10.8 Å². The van der Waals surface area contributed by atoms with Crippen molar-refractivity contribution in [2.75, 3.05) is 5.32 Å². The molecule has 0 spiro atoms. The lowest BCUT2D eigenvalue weighted by Gasteiger charge is -2.09. The van der Waals surface area contributed by atoms with Gasteiger partial charge in [-0.05, 0) is 42.0 Å². The Morgan fingerprint density at radius 3 is 2.46 bits per heavy atom. The number of nitriles is 1. The summed E-state index contributed by atoms with van der Waals surface area (Å²) in [6.07, 6.45) is 1.52. The lowest BCUT2D eigenvalue weighted by Crippen LogP contribution is -2.16. The van der Waals surface area contributed by atoms with Crippen LogP contribution in [0.15, 0.2) is 78.0 Å². The van der Waals surface area contributed by atoms with Crippen molar-refractivity contribution in [3.8, 4) is 6.07 Å². The highest BCUT2D eigenvalue weighted by Gasteiger charge is 2.17. The zero-order valence-electron chi connectivity index (χ0n) is 13.8. The van der Waals surface area contributed by atoms with Crippen LogP contribution in [0.4, 0.5) is 5.69 Å². The second kappa shape index (κ2) is 8.19. The summed E-state index contributed by atoms with van der Waals surface area (Å²) in [5.41, 5.74) is 2.24. The van der Waals surface area contributed by atoms with E-state index in [2.05, 4.69) is 10.3 Å². The number of rotatable bonds is 5. The molecule has 128 valence electrons. The SMILES string of the molecule is N#Cc1ccc(NC(=O)c2cccnc2S(=O)Cc2ccccc2)cc1. The minimum atomic E-state index is -1.44. The van der Waals surface area contributed by atoms with E-state index in [0.29, 0.717) is 11.3 Å². The first kappa shape index (κ1) is 17.5. The Morgan fingerprint density at radius 1 is 1.04 bits per heavy atom. The highest BCUT2D eigenvalue weighted by molar-refractivity contribution is 7.84. The summed E-state index contributed by atoms with van der Waals surface area (Å²) in [7, 11) is -1.44. The minimum absolute atomic E-state index is 0.252. The predicted molar refractivity (Wildman–Crippen MR) is 99.9 cm³/mol. The number of pyridine rings is 1. The van der Waals surface area contributed by atoms with Crippen LogP contribution in [0.25, 0.3) is 0 Å². The van der Waals surface area contributed by atoms with Crippen molar-refractivity contribution in [1.29, 1.82) is 5.26 Å². The van der Waals surface area contributed by atoms with Gasteiger partial charge in [0.1, 0.15) is 5.03 Å². The average Bonchev–Trinajstić information content (AvgIpc) is 2.69. The Labute approximate surface area is 153 Å². The Bertz CT molecular complexity index is 980. The second-order valence-corrected chi connectivity index (χ2v) is 6.84. The minimum Gasteiger partial charge on any atom is -0.322 e. The lowest BCUT2D eigenvalue weighted by molar-refractivity contribution is 0.102. The summed E-state index contributed by atoms with van der Waals surface area (Å²) in [5, 5.41) is 11.8. The summed E-state index contributed by atoms with van der Waals surface area (Å²) < 4.78 is 12.7. The number of carbonyl (C=O) groups is 1. The largest absolute Gasteiger partial charge is 0.322 e. The fourth-order valence-electron chi connectivity index (χ4n) is 2.37. The Morgan fingerprint density at radius 2 is 1.77 bits per heavy atom. The molecule has 5 nitrogen and oxygen atoms in total. The van der Waals surface area contributed by atoms with Crippen LogP contribution >= 0.6 is 0 Å². The van der Waals surface area contributed by atoms with Crippen molar-refractivity contribution in [2.45, 2.75) is 10.8 Å². The molecule has 2 aromatic carbocycles. The smallest absolute Gasteiger partial charge is 0.258 e. The van der Waals surface area contributed by atoms with Gasteiger partial charge in [0.25, 0.3) is 5.91 Å². The Kier molecular flexibility index (Phi) is 5.52. The van der Waals surface area contributed by atoms with Crippen molar-refractivity contribution in [1.82, 2.24) is 4.98 Å². The predicted octanol–water partition coefficient (Wildman–Crippen LogP) is 3.51. The van der Waals surface area contributed by atoms with E-state index in [0.717, 1.165) is 5.56 Å². The van der Waals surface area contributed by atoms with Gasteiger partial charge in [-0.15, -0.1) is 0 Å². The van der Waals surface area contributed by atoms with Gasteiger partial charge >= 0.3 is 0 Å². The topological polar surface area (TPSA) is 82.8 Å². The van der Waals surface area contributed by atoms with E-state index in [-0.39, 0.29) is 22.2 Å². The van der Waals surface area contributed by atoms with Crippen LogP contribution < -0.4 is 5.32 Å². The van der Waals surface area contributed by atoms with Crippen LogP contribution in [0, 0.1) is 11.3 Å². The third-order valence-corrected chi connectivity index (χ3v) is 5.00. The number of hydrogen-bond acceptors (Lipinski definition) is 4. The first-order chi connectivity index (χ1) is 12.7. The maximum atomic E-state index is 12.7. The first-order valence-corrected chi connectivity index (χ1v) is 9.18. The number of benzene rings is 2. The summed E-state index contributed by atoms with van der Waals surface area (Å²) in [5.74, 6) is -0.103. The molecule has 1 heterocycles. The van der Waals surface area contributed by atoms with Crippen LogP contribution in [0.5, 0.6) is 0 Å². The zero-order chi connectivity index (χ0) is 18.4. The molecule has 0 aliphatic heterocycles. The third kappa shape index (κ3) is 4.21. The molecule has 26 heavy (non-hydrogen) atoms. The maximum absolute atomic E-state index is 12.7. The van der Waals surface area contributed by atoms with Gasteiger partial charge in [0.15, 0.2) is 0 Å². The molecule has 3 rings (SSSR count). The fraction of sp³-hybridized carbons (Fsp3) is 0.0500. The van der Waals surface area contributed by atoms with Crippen LogP contribution in [-0.2, 0) is 16.6 Å². The molecule has 0 fully saturated rings. The van der Waals surface area contributed by atoms with Gasteiger partial charge in [0.05, 0.1) is 33.7 Å². The van der Waals surface area contributed by atoms with Gasteiger partial charge in [-0.1, -0.05) is 30.3 Å². The highest BCUT2D eigenvalue weighted by Crippen LogP contribution is 2.17. The van der Waals surface area contributed by atoms with Crippen LogP contribution in [0.3, 0.4) is 0 Å². The quantitative estimate of drug-likeness (QED) is 0.754. The van der Waals surface area contributed by atoms with Crippen LogP contribution in [-0.4, -0.2) is 15.1 Å². The average molecular weight is 361 g/mol. The summed E-state index contributed by atoms with van der Waals surface area (Å²) in [6.45, 7) is 0. The highest BCUT2D eigenvalue weighted by atomic mass is 32.2. The van der Waals surface area contributed by atoms with E-state index in [1.54, 1.807) is 36.4 Å². The van der Waals surface area contributed by atoms with Gasteiger partial charge in [-0.25, -0.2) is 4.98 Å².